The standard InChI is InChI=1S/C23H33NO5/c1-22(2,3)14-9-18(27)20-16-8-13(21(28)24-15(11-25)12-26)6-7-17(16)23(4,5)29-19(20)10-14/h6,9-10,15-17,25-27H,7-8,11-12H2,1-5H3,(H,24,28)/t16-,17-/m1/s1. The Balaban J connectivity index is 1.97. The maximum absolute atomic E-state index is 12.6. The minimum Gasteiger partial charge on any atom is -0.508 e. The van der Waals surface area contributed by atoms with Crippen LogP contribution in [0.15, 0.2) is 23.8 Å². The van der Waals surface area contributed by atoms with E-state index in [9.17, 15) is 20.1 Å². The summed E-state index contributed by atoms with van der Waals surface area (Å²) < 4.78 is 6.34. The molecule has 29 heavy (non-hydrogen) atoms. The zero-order chi connectivity index (χ0) is 21.6. The number of carbonyl (C=O) groups is 1. The molecule has 6 heteroatoms. The highest BCUT2D eigenvalue weighted by Gasteiger charge is 2.47. The van der Waals surface area contributed by atoms with Crippen LogP contribution in [-0.4, -0.2) is 46.1 Å². The average Bonchev–Trinajstić information content (AvgIpc) is 2.63. The summed E-state index contributed by atoms with van der Waals surface area (Å²) in [5, 5.41) is 32.0. The van der Waals surface area contributed by atoms with Crippen molar-refractivity contribution in [2.45, 2.75) is 70.4 Å². The van der Waals surface area contributed by atoms with E-state index in [1.54, 1.807) is 0 Å². The first kappa shape index (κ1) is 21.7. The third-order valence-corrected chi connectivity index (χ3v) is 6.23. The summed E-state index contributed by atoms with van der Waals surface area (Å²) in [6, 6.07) is 3.14. The Kier molecular flexibility index (Phi) is 5.71. The van der Waals surface area contributed by atoms with Crippen LogP contribution in [0.4, 0.5) is 0 Å². The Hall–Kier alpha value is -2.05. The van der Waals surface area contributed by atoms with Crippen molar-refractivity contribution in [3.63, 3.8) is 0 Å². The Morgan fingerprint density at radius 2 is 1.93 bits per heavy atom. The van der Waals surface area contributed by atoms with Gasteiger partial charge in [0.1, 0.15) is 17.1 Å². The van der Waals surface area contributed by atoms with Gasteiger partial charge < -0.3 is 25.4 Å². The Morgan fingerprint density at radius 3 is 2.52 bits per heavy atom. The van der Waals surface area contributed by atoms with E-state index < -0.39 is 11.6 Å². The van der Waals surface area contributed by atoms with Crippen molar-refractivity contribution in [3.05, 3.63) is 34.9 Å². The van der Waals surface area contributed by atoms with Crippen LogP contribution in [-0.2, 0) is 10.2 Å². The van der Waals surface area contributed by atoms with E-state index in [1.165, 1.54) is 0 Å². The van der Waals surface area contributed by atoms with E-state index in [0.717, 1.165) is 11.1 Å². The van der Waals surface area contributed by atoms with Gasteiger partial charge in [-0.15, -0.1) is 0 Å². The van der Waals surface area contributed by atoms with Crippen molar-refractivity contribution < 1.29 is 24.9 Å². The summed E-state index contributed by atoms with van der Waals surface area (Å²) in [7, 11) is 0. The number of benzene rings is 1. The number of aromatic hydroxyl groups is 1. The van der Waals surface area contributed by atoms with Crippen LogP contribution in [0.1, 0.15) is 64.5 Å². The van der Waals surface area contributed by atoms with Crippen LogP contribution in [0, 0.1) is 5.92 Å². The molecule has 1 aliphatic carbocycles. The average molecular weight is 404 g/mol. The number of hydrogen-bond acceptors (Lipinski definition) is 5. The first-order chi connectivity index (χ1) is 13.5. The summed E-state index contributed by atoms with van der Waals surface area (Å²) in [6.07, 6.45) is 3.05. The van der Waals surface area contributed by atoms with Crippen LogP contribution in [0.25, 0.3) is 0 Å². The fourth-order valence-corrected chi connectivity index (χ4v) is 4.44. The molecule has 3 rings (SSSR count). The Labute approximate surface area is 172 Å². The van der Waals surface area contributed by atoms with E-state index in [0.29, 0.717) is 24.2 Å². The topological polar surface area (TPSA) is 99.0 Å². The molecule has 1 aliphatic heterocycles. The maximum atomic E-state index is 12.6. The van der Waals surface area contributed by atoms with Crippen LogP contribution in [0.5, 0.6) is 11.5 Å². The molecule has 2 aliphatic rings. The predicted molar refractivity (Wildman–Crippen MR) is 111 cm³/mol. The van der Waals surface area contributed by atoms with E-state index in [1.807, 2.05) is 18.2 Å². The lowest BCUT2D eigenvalue weighted by Gasteiger charge is -2.47. The third-order valence-electron chi connectivity index (χ3n) is 6.23. The van der Waals surface area contributed by atoms with E-state index in [4.69, 9.17) is 4.74 Å². The van der Waals surface area contributed by atoms with Gasteiger partial charge in [0.2, 0.25) is 5.91 Å². The molecule has 6 nitrogen and oxygen atoms in total. The lowest BCUT2D eigenvalue weighted by atomic mass is 9.66. The lowest BCUT2D eigenvalue weighted by molar-refractivity contribution is -0.119. The molecular formula is C23H33NO5. The number of rotatable bonds is 4. The second kappa shape index (κ2) is 7.65. The predicted octanol–water partition coefficient (Wildman–Crippen LogP) is 2.75. The number of carbonyl (C=O) groups excluding carboxylic acids is 1. The van der Waals surface area contributed by atoms with Crippen molar-refractivity contribution in [2.24, 2.45) is 5.92 Å². The normalized spacial score (nSPS) is 23.0. The van der Waals surface area contributed by atoms with Crippen LogP contribution in [0.2, 0.25) is 0 Å². The largest absolute Gasteiger partial charge is 0.508 e. The molecule has 0 fully saturated rings. The number of nitrogens with one attached hydrogen (secondary N) is 1. The van der Waals surface area contributed by atoms with Gasteiger partial charge in [0.05, 0.1) is 19.3 Å². The fourth-order valence-electron chi connectivity index (χ4n) is 4.44. The smallest absolute Gasteiger partial charge is 0.247 e. The molecule has 1 aromatic carbocycles. The molecule has 1 heterocycles. The number of phenolic OH excluding ortho intramolecular Hbond substituents is 1. The van der Waals surface area contributed by atoms with Gasteiger partial charge in [-0.3, -0.25) is 4.79 Å². The lowest BCUT2D eigenvalue weighted by Crippen LogP contribution is -2.47. The number of ether oxygens (including phenoxy) is 1. The minimum atomic E-state index is -0.678. The Bertz CT molecular complexity index is 817. The molecule has 0 bridgehead atoms. The SMILES string of the molecule is CC(C)(C)c1cc(O)c2c(c1)OC(C)(C)[C@@H]1CC=C(C(=O)NC(CO)CO)C[C@@H]21. The van der Waals surface area contributed by atoms with Gasteiger partial charge in [0.15, 0.2) is 0 Å². The first-order valence-corrected chi connectivity index (χ1v) is 10.3. The number of aliphatic hydroxyl groups excluding tert-OH is 2. The Morgan fingerprint density at radius 1 is 1.28 bits per heavy atom. The van der Waals surface area contributed by atoms with Gasteiger partial charge in [-0.2, -0.15) is 0 Å². The minimum absolute atomic E-state index is 0.0461. The maximum Gasteiger partial charge on any atom is 0.247 e. The first-order valence-electron chi connectivity index (χ1n) is 10.3. The summed E-state index contributed by atoms with van der Waals surface area (Å²) in [4.78, 5) is 12.6. The number of phenols is 1. The highest BCUT2D eigenvalue weighted by molar-refractivity contribution is 5.94. The molecule has 0 saturated heterocycles. The monoisotopic (exact) mass is 403 g/mol. The van der Waals surface area contributed by atoms with Crippen molar-refractivity contribution >= 4 is 5.91 Å². The summed E-state index contributed by atoms with van der Waals surface area (Å²) in [5.74, 6) is 0.697. The van der Waals surface area contributed by atoms with Crippen LogP contribution >= 0.6 is 0 Å². The van der Waals surface area contributed by atoms with Crippen molar-refractivity contribution in [3.8, 4) is 11.5 Å². The van der Waals surface area contributed by atoms with Gasteiger partial charge >= 0.3 is 0 Å². The molecule has 0 radical (unpaired) electrons. The van der Waals surface area contributed by atoms with Gasteiger partial charge in [-0.1, -0.05) is 26.8 Å². The van der Waals surface area contributed by atoms with E-state index in [2.05, 4.69) is 39.9 Å². The molecule has 4 N–H and O–H groups in total. The van der Waals surface area contributed by atoms with Crippen molar-refractivity contribution in [1.29, 1.82) is 0 Å². The molecule has 2 atom stereocenters. The number of fused-ring (bicyclic) bond motifs is 3. The molecule has 160 valence electrons. The van der Waals surface area contributed by atoms with Crippen molar-refractivity contribution in [2.75, 3.05) is 13.2 Å². The second-order valence-corrected chi connectivity index (χ2v) is 9.78. The zero-order valence-electron chi connectivity index (χ0n) is 18.0. The highest BCUT2D eigenvalue weighted by atomic mass is 16.5. The summed E-state index contributed by atoms with van der Waals surface area (Å²) in [6.45, 7) is 9.76. The van der Waals surface area contributed by atoms with E-state index >= 15 is 0 Å². The molecule has 0 aromatic heterocycles. The fraction of sp³-hybridized carbons (Fsp3) is 0.609. The highest BCUT2D eigenvalue weighted by Crippen LogP contribution is 2.54. The van der Waals surface area contributed by atoms with Crippen LogP contribution < -0.4 is 10.1 Å². The molecule has 1 amide bonds. The number of hydrogen-bond donors (Lipinski definition) is 4. The quantitative estimate of drug-likeness (QED) is 0.620. The summed E-state index contributed by atoms with van der Waals surface area (Å²) >= 11 is 0. The number of amides is 1. The number of allylic oxidation sites excluding steroid dienone is 1. The molecule has 0 spiro atoms. The van der Waals surface area contributed by atoms with Gasteiger partial charge in [-0.25, -0.2) is 0 Å². The molecular weight excluding hydrogens is 370 g/mol. The number of aliphatic hydroxyl groups is 2. The molecule has 0 saturated carbocycles. The summed E-state index contributed by atoms with van der Waals surface area (Å²) in [5.41, 5.74) is 1.82. The zero-order valence-corrected chi connectivity index (χ0v) is 18.0. The molecule has 1 aromatic rings. The van der Waals surface area contributed by atoms with E-state index in [-0.39, 0.29) is 42.1 Å². The van der Waals surface area contributed by atoms with Crippen molar-refractivity contribution in [1.82, 2.24) is 5.32 Å². The molecule has 0 unspecified atom stereocenters. The second-order valence-electron chi connectivity index (χ2n) is 9.78. The van der Waals surface area contributed by atoms with Gasteiger partial charge in [0, 0.05) is 23.0 Å². The van der Waals surface area contributed by atoms with Crippen LogP contribution in [0.3, 0.4) is 0 Å². The third kappa shape index (κ3) is 4.14. The van der Waals surface area contributed by atoms with Gasteiger partial charge in [0.25, 0.3) is 0 Å². The van der Waals surface area contributed by atoms with Gasteiger partial charge in [-0.05, 0) is 49.8 Å².